The van der Waals surface area contributed by atoms with Crippen LogP contribution in [0.25, 0.3) is 0 Å². The second kappa shape index (κ2) is 10.3. The Morgan fingerprint density at radius 3 is 2.67 bits per heavy atom. The van der Waals surface area contributed by atoms with Crippen LogP contribution < -0.4 is 4.74 Å². The molecular formula is C21H29Cl2FN2O. The van der Waals surface area contributed by atoms with Crippen molar-refractivity contribution < 1.29 is 9.13 Å². The number of ether oxygens (including phenoxy) is 1. The number of aromatic nitrogens is 2. The van der Waals surface area contributed by atoms with E-state index < -0.39 is 0 Å². The molecule has 3 rings (SSSR count). The van der Waals surface area contributed by atoms with Crippen molar-refractivity contribution in [3.63, 3.8) is 0 Å². The minimum atomic E-state index is -0.333. The summed E-state index contributed by atoms with van der Waals surface area (Å²) in [5.74, 6) is 1.10. The van der Waals surface area contributed by atoms with Crippen molar-refractivity contribution >= 4 is 24.0 Å². The maximum absolute atomic E-state index is 13.2. The monoisotopic (exact) mass is 414 g/mol. The van der Waals surface area contributed by atoms with Crippen LogP contribution in [-0.2, 0) is 13.0 Å². The van der Waals surface area contributed by atoms with Crippen LogP contribution in [0.15, 0.2) is 24.3 Å². The molecule has 1 aromatic carbocycles. The first-order valence-electron chi connectivity index (χ1n) is 9.73. The molecule has 1 aliphatic rings. The summed E-state index contributed by atoms with van der Waals surface area (Å²) in [5.41, 5.74) is 1.85. The highest BCUT2D eigenvalue weighted by molar-refractivity contribution is 6.31. The third kappa shape index (κ3) is 5.61. The summed E-state index contributed by atoms with van der Waals surface area (Å²) in [6.45, 7) is 4.71. The number of halogens is 3. The summed E-state index contributed by atoms with van der Waals surface area (Å²) in [4.78, 5) is 0. The fourth-order valence-corrected chi connectivity index (χ4v) is 4.03. The number of aryl methyl sites for hydroxylation is 1. The van der Waals surface area contributed by atoms with Gasteiger partial charge in [0.2, 0.25) is 5.88 Å². The van der Waals surface area contributed by atoms with Crippen LogP contribution in [-0.4, -0.2) is 9.78 Å². The first kappa shape index (κ1) is 22.0. The van der Waals surface area contributed by atoms with E-state index in [9.17, 15) is 4.39 Å². The molecule has 1 fully saturated rings. The lowest BCUT2D eigenvalue weighted by Crippen LogP contribution is -2.21. The molecule has 1 saturated carbocycles. The maximum Gasteiger partial charge on any atom is 0.212 e. The average Bonchev–Trinajstić information content (AvgIpc) is 3.04. The van der Waals surface area contributed by atoms with Gasteiger partial charge in [-0.15, -0.1) is 12.4 Å². The molecule has 1 unspecified atom stereocenters. The molecule has 2 aromatic rings. The van der Waals surface area contributed by atoms with Crippen LogP contribution in [0.2, 0.25) is 5.02 Å². The van der Waals surface area contributed by atoms with E-state index in [1.54, 1.807) is 6.07 Å². The SMILES string of the molecule is CCCc1cc(OCc2ccc(F)cc2Cl)n(C(C)C2CCCCC2)n1.Cl. The lowest BCUT2D eigenvalue weighted by atomic mass is 9.85. The zero-order valence-corrected chi connectivity index (χ0v) is 17.7. The van der Waals surface area contributed by atoms with Crippen molar-refractivity contribution in [2.24, 2.45) is 5.92 Å². The summed E-state index contributed by atoms with van der Waals surface area (Å²) in [5, 5.41) is 5.22. The Labute approximate surface area is 172 Å². The van der Waals surface area contributed by atoms with Gasteiger partial charge in [0.05, 0.1) is 16.8 Å². The highest BCUT2D eigenvalue weighted by Gasteiger charge is 2.25. The summed E-state index contributed by atoms with van der Waals surface area (Å²) in [6, 6.07) is 6.77. The van der Waals surface area contributed by atoms with Crippen molar-refractivity contribution in [1.29, 1.82) is 0 Å². The molecule has 0 radical (unpaired) electrons. The van der Waals surface area contributed by atoms with Crippen LogP contribution in [0.5, 0.6) is 5.88 Å². The van der Waals surface area contributed by atoms with E-state index in [2.05, 4.69) is 18.5 Å². The number of hydrogen-bond donors (Lipinski definition) is 0. The van der Waals surface area contributed by atoms with E-state index in [1.807, 2.05) is 6.07 Å². The molecular weight excluding hydrogens is 386 g/mol. The van der Waals surface area contributed by atoms with Gasteiger partial charge >= 0.3 is 0 Å². The van der Waals surface area contributed by atoms with Gasteiger partial charge in [0, 0.05) is 11.6 Å². The first-order valence-corrected chi connectivity index (χ1v) is 10.1. The highest BCUT2D eigenvalue weighted by Crippen LogP contribution is 2.35. The predicted octanol–water partition coefficient (Wildman–Crippen LogP) is 6.77. The van der Waals surface area contributed by atoms with Crippen molar-refractivity contribution in [2.45, 2.75) is 71.4 Å². The quantitative estimate of drug-likeness (QED) is 0.499. The Morgan fingerprint density at radius 2 is 2.00 bits per heavy atom. The normalized spacial score (nSPS) is 16.0. The van der Waals surface area contributed by atoms with Crippen LogP contribution in [0.4, 0.5) is 4.39 Å². The molecule has 150 valence electrons. The Hall–Kier alpha value is -1.26. The van der Waals surface area contributed by atoms with E-state index in [0.717, 1.165) is 30.0 Å². The van der Waals surface area contributed by atoms with Crippen molar-refractivity contribution in [1.82, 2.24) is 9.78 Å². The fraction of sp³-hybridized carbons (Fsp3) is 0.571. The van der Waals surface area contributed by atoms with E-state index in [1.165, 1.54) is 44.2 Å². The molecule has 0 bridgehead atoms. The fourth-order valence-electron chi connectivity index (χ4n) is 3.81. The molecule has 1 aliphatic carbocycles. The smallest absolute Gasteiger partial charge is 0.212 e. The molecule has 0 aliphatic heterocycles. The summed E-state index contributed by atoms with van der Waals surface area (Å²) in [6.07, 6.45) is 8.46. The summed E-state index contributed by atoms with van der Waals surface area (Å²) < 4.78 is 21.4. The molecule has 1 aromatic heterocycles. The van der Waals surface area contributed by atoms with Crippen molar-refractivity contribution in [2.75, 3.05) is 0 Å². The average molecular weight is 415 g/mol. The number of nitrogens with zero attached hydrogens (tertiary/aromatic N) is 2. The van der Waals surface area contributed by atoms with E-state index in [4.69, 9.17) is 21.4 Å². The standard InChI is InChI=1S/C21H28ClFN2O.ClH/c1-3-7-19-13-21(26-14-17-10-11-18(23)12-20(17)22)25(24-19)15(2)16-8-5-4-6-9-16;/h10-13,15-16H,3-9,14H2,1-2H3;1H. The molecule has 6 heteroatoms. The third-order valence-electron chi connectivity index (χ3n) is 5.37. The van der Waals surface area contributed by atoms with Crippen LogP contribution >= 0.6 is 24.0 Å². The van der Waals surface area contributed by atoms with Crippen molar-refractivity contribution in [3.8, 4) is 5.88 Å². The van der Waals surface area contributed by atoms with Crippen LogP contribution in [0.3, 0.4) is 0 Å². The summed E-state index contributed by atoms with van der Waals surface area (Å²) in [7, 11) is 0. The topological polar surface area (TPSA) is 27.1 Å². The second-order valence-electron chi connectivity index (χ2n) is 7.33. The maximum atomic E-state index is 13.2. The second-order valence-corrected chi connectivity index (χ2v) is 7.74. The lowest BCUT2D eigenvalue weighted by molar-refractivity contribution is 0.209. The van der Waals surface area contributed by atoms with Crippen LogP contribution in [0, 0.1) is 11.7 Å². The number of benzene rings is 1. The highest BCUT2D eigenvalue weighted by atomic mass is 35.5. The predicted molar refractivity (Wildman–Crippen MR) is 110 cm³/mol. The van der Waals surface area contributed by atoms with E-state index in [0.29, 0.717) is 23.6 Å². The molecule has 0 amide bonds. The molecule has 0 saturated heterocycles. The minimum absolute atomic E-state index is 0. The lowest BCUT2D eigenvalue weighted by Gasteiger charge is -2.28. The Morgan fingerprint density at radius 1 is 1.26 bits per heavy atom. The number of hydrogen-bond acceptors (Lipinski definition) is 2. The van der Waals surface area contributed by atoms with Gasteiger partial charge in [0.1, 0.15) is 12.4 Å². The van der Waals surface area contributed by atoms with Gasteiger partial charge in [-0.25, -0.2) is 9.07 Å². The molecule has 3 nitrogen and oxygen atoms in total. The molecule has 27 heavy (non-hydrogen) atoms. The zero-order chi connectivity index (χ0) is 18.5. The molecule has 0 N–H and O–H groups in total. The molecule has 1 atom stereocenters. The van der Waals surface area contributed by atoms with Gasteiger partial charge in [0.25, 0.3) is 0 Å². The largest absolute Gasteiger partial charge is 0.473 e. The van der Waals surface area contributed by atoms with Gasteiger partial charge in [-0.1, -0.05) is 50.3 Å². The van der Waals surface area contributed by atoms with Gasteiger partial charge < -0.3 is 4.74 Å². The Balaban J connectivity index is 0.00000261. The van der Waals surface area contributed by atoms with Gasteiger partial charge in [-0.3, -0.25) is 0 Å². The number of rotatable bonds is 7. The Kier molecular flexibility index (Phi) is 8.43. The molecule has 0 spiro atoms. The zero-order valence-electron chi connectivity index (χ0n) is 16.1. The van der Waals surface area contributed by atoms with E-state index >= 15 is 0 Å². The molecule has 1 heterocycles. The third-order valence-corrected chi connectivity index (χ3v) is 5.72. The van der Waals surface area contributed by atoms with Crippen LogP contribution in [0.1, 0.15) is 69.7 Å². The first-order chi connectivity index (χ1) is 12.6. The van der Waals surface area contributed by atoms with E-state index in [-0.39, 0.29) is 18.2 Å². The van der Waals surface area contributed by atoms with Gasteiger partial charge in [-0.05, 0) is 44.2 Å². The summed E-state index contributed by atoms with van der Waals surface area (Å²) >= 11 is 6.13. The van der Waals surface area contributed by atoms with Gasteiger partial charge in [0.15, 0.2) is 0 Å². The Bertz CT molecular complexity index is 729. The van der Waals surface area contributed by atoms with Crippen molar-refractivity contribution in [3.05, 3.63) is 46.4 Å². The van der Waals surface area contributed by atoms with Gasteiger partial charge in [-0.2, -0.15) is 5.10 Å². The minimum Gasteiger partial charge on any atom is -0.473 e.